The Labute approximate surface area is 106 Å². The van der Waals surface area contributed by atoms with Gasteiger partial charge in [0.05, 0.1) is 6.61 Å². The van der Waals surface area contributed by atoms with Gasteiger partial charge in [-0.3, -0.25) is 0 Å². The van der Waals surface area contributed by atoms with Crippen molar-refractivity contribution >= 4 is 5.69 Å². The van der Waals surface area contributed by atoms with E-state index >= 15 is 0 Å². The Morgan fingerprint density at radius 3 is 2.67 bits per heavy atom. The molecule has 88 valence electrons. The summed E-state index contributed by atoms with van der Waals surface area (Å²) in [6, 6.07) is 13.7. The molecule has 0 fully saturated rings. The molecule has 3 rings (SSSR count). The van der Waals surface area contributed by atoms with Crippen LogP contribution in [0.1, 0.15) is 16.7 Å². The van der Waals surface area contributed by atoms with Gasteiger partial charge in [-0.1, -0.05) is 17.9 Å². The number of hydrogen-bond acceptors (Lipinski definition) is 2. The number of ether oxygens (including phenoxy) is 1. The molecule has 0 atom stereocenters. The fraction of sp³-hybridized carbons (Fsp3) is 0.125. The predicted molar refractivity (Wildman–Crippen MR) is 72.5 cm³/mol. The van der Waals surface area contributed by atoms with Gasteiger partial charge in [0.1, 0.15) is 5.75 Å². The van der Waals surface area contributed by atoms with Crippen LogP contribution in [0.2, 0.25) is 0 Å². The number of benzene rings is 2. The average Bonchev–Trinajstić information content (AvgIpc) is 2.84. The number of hydrogen-bond donors (Lipinski definition) is 1. The second-order valence-electron chi connectivity index (χ2n) is 4.30. The van der Waals surface area contributed by atoms with Crippen LogP contribution in [0.5, 0.6) is 5.75 Å². The lowest BCUT2D eigenvalue weighted by Crippen LogP contribution is -1.85. The number of nitrogen functional groups attached to an aromatic ring is 1. The highest BCUT2D eigenvalue weighted by atomic mass is 16.5. The summed E-state index contributed by atoms with van der Waals surface area (Å²) < 4.78 is 5.47. The summed E-state index contributed by atoms with van der Waals surface area (Å²) in [5.74, 6) is 7.27. The Morgan fingerprint density at radius 1 is 1.00 bits per heavy atom. The molecule has 1 heterocycles. The summed E-state index contributed by atoms with van der Waals surface area (Å²) in [5.41, 5.74) is 9.65. The van der Waals surface area contributed by atoms with Gasteiger partial charge in [0, 0.05) is 23.2 Å². The van der Waals surface area contributed by atoms with Gasteiger partial charge in [0.2, 0.25) is 0 Å². The lowest BCUT2D eigenvalue weighted by Gasteiger charge is -1.98. The minimum absolute atomic E-state index is 0.740. The van der Waals surface area contributed by atoms with Crippen molar-refractivity contribution in [3.63, 3.8) is 0 Å². The van der Waals surface area contributed by atoms with E-state index in [1.54, 1.807) is 0 Å². The minimum Gasteiger partial charge on any atom is -0.493 e. The molecule has 0 bridgehead atoms. The van der Waals surface area contributed by atoms with Crippen LogP contribution in [0.3, 0.4) is 0 Å². The van der Waals surface area contributed by atoms with Crippen molar-refractivity contribution in [1.29, 1.82) is 0 Å². The lowest BCUT2D eigenvalue weighted by molar-refractivity contribution is 0.357. The third kappa shape index (κ3) is 2.16. The third-order valence-corrected chi connectivity index (χ3v) is 2.93. The molecule has 0 saturated carbocycles. The molecule has 2 heteroatoms. The zero-order valence-electron chi connectivity index (χ0n) is 9.94. The highest BCUT2D eigenvalue weighted by molar-refractivity contribution is 5.51. The van der Waals surface area contributed by atoms with E-state index < -0.39 is 0 Å². The van der Waals surface area contributed by atoms with Gasteiger partial charge >= 0.3 is 0 Å². The number of nitrogens with two attached hydrogens (primary N) is 1. The van der Waals surface area contributed by atoms with Crippen molar-refractivity contribution < 1.29 is 4.74 Å². The van der Waals surface area contributed by atoms with Gasteiger partial charge in [0.15, 0.2) is 0 Å². The van der Waals surface area contributed by atoms with Gasteiger partial charge in [-0.25, -0.2) is 0 Å². The Hall–Kier alpha value is -2.40. The van der Waals surface area contributed by atoms with E-state index in [0.717, 1.165) is 35.6 Å². The van der Waals surface area contributed by atoms with E-state index in [0.29, 0.717) is 0 Å². The molecule has 0 unspecified atom stereocenters. The molecule has 0 saturated heterocycles. The molecule has 2 nitrogen and oxygen atoms in total. The third-order valence-electron chi connectivity index (χ3n) is 2.93. The van der Waals surface area contributed by atoms with E-state index in [2.05, 4.69) is 17.9 Å². The van der Waals surface area contributed by atoms with Gasteiger partial charge in [-0.05, 0) is 42.0 Å². The van der Waals surface area contributed by atoms with Gasteiger partial charge in [-0.2, -0.15) is 0 Å². The molecule has 2 N–H and O–H groups in total. The topological polar surface area (TPSA) is 35.2 Å². The second kappa shape index (κ2) is 4.46. The zero-order valence-corrected chi connectivity index (χ0v) is 9.94. The van der Waals surface area contributed by atoms with Crippen LogP contribution in [0.15, 0.2) is 42.5 Å². The van der Waals surface area contributed by atoms with Crippen LogP contribution >= 0.6 is 0 Å². The van der Waals surface area contributed by atoms with Gasteiger partial charge < -0.3 is 10.5 Å². The molecule has 0 spiro atoms. The Bertz CT molecular complexity index is 650. The number of fused-ring (bicyclic) bond motifs is 1. The molecule has 1 aliphatic heterocycles. The summed E-state index contributed by atoms with van der Waals surface area (Å²) in [5, 5.41) is 0. The van der Waals surface area contributed by atoms with Crippen LogP contribution in [-0.2, 0) is 6.42 Å². The maximum Gasteiger partial charge on any atom is 0.122 e. The van der Waals surface area contributed by atoms with E-state index in [1.165, 1.54) is 5.56 Å². The predicted octanol–water partition coefficient (Wildman–Crippen LogP) is 2.60. The first kappa shape index (κ1) is 10.7. The smallest absolute Gasteiger partial charge is 0.122 e. The first-order valence-electron chi connectivity index (χ1n) is 5.94. The molecular weight excluding hydrogens is 222 g/mol. The molecule has 0 amide bonds. The maximum absolute atomic E-state index is 5.72. The first-order chi connectivity index (χ1) is 8.81. The molecule has 1 aliphatic rings. The second-order valence-corrected chi connectivity index (χ2v) is 4.30. The molecule has 18 heavy (non-hydrogen) atoms. The summed E-state index contributed by atoms with van der Waals surface area (Å²) >= 11 is 0. The molecule has 0 aromatic heterocycles. The maximum atomic E-state index is 5.72. The SMILES string of the molecule is Nc1cccc(C#Cc2ccc3c(c2)CCO3)c1. The molecule has 0 aliphatic carbocycles. The molecule has 2 aromatic carbocycles. The quantitative estimate of drug-likeness (QED) is 0.562. The van der Waals surface area contributed by atoms with Crippen molar-refractivity contribution in [1.82, 2.24) is 0 Å². The van der Waals surface area contributed by atoms with Crippen molar-refractivity contribution in [3.8, 4) is 17.6 Å². The van der Waals surface area contributed by atoms with Crippen molar-refractivity contribution in [2.24, 2.45) is 0 Å². The van der Waals surface area contributed by atoms with E-state index in [-0.39, 0.29) is 0 Å². The van der Waals surface area contributed by atoms with Crippen molar-refractivity contribution in [2.45, 2.75) is 6.42 Å². The molecule has 0 radical (unpaired) electrons. The van der Waals surface area contributed by atoms with Crippen LogP contribution in [-0.4, -0.2) is 6.61 Å². The Morgan fingerprint density at radius 2 is 1.83 bits per heavy atom. The van der Waals surface area contributed by atoms with Gasteiger partial charge in [0.25, 0.3) is 0 Å². The number of anilines is 1. The highest BCUT2D eigenvalue weighted by Crippen LogP contribution is 2.25. The zero-order chi connectivity index (χ0) is 12.4. The fourth-order valence-electron chi connectivity index (χ4n) is 2.03. The average molecular weight is 235 g/mol. The minimum atomic E-state index is 0.740. The summed E-state index contributed by atoms with van der Waals surface area (Å²) in [4.78, 5) is 0. The Kier molecular flexibility index (Phi) is 2.66. The first-order valence-corrected chi connectivity index (χ1v) is 5.94. The fourth-order valence-corrected chi connectivity index (χ4v) is 2.03. The van der Waals surface area contributed by atoms with Crippen molar-refractivity contribution in [3.05, 3.63) is 59.2 Å². The van der Waals surface area contributed by atoms with E-state index in [4.69, 9.17) is 10.5 Å². The normalized spacial score (nSPS) is 12.2. The van der Waals surface area contributed by atoms with Crippen LogP contribution < -0.4 is 10.5 Å². The standard InChI is InChI=1S/C16H13NO/c17-15-3-1-2-12(11-15)4-5-13-6-7-16-14(10-13)8-9-18-16/h1-3,6-7,10-11H,8-9,17H2. The monoisotopic (exact) mass is 235 g/mol. The lowest BCUT2D eigenvalue weighted by atomic mass is 10.1. The molecular formula is C16H13NO. The van der Waals surface area contributed by atoms with E-state index in [9.17, 15) is 0 Å². The van der Waals surface area contributed by atoms with Crippen LogP contribution in [0, 0.1) is 11.8 Å². The van der Waals surface area contributed by atoms with Crippen molar-refractivity contribution in [2.75, 3.05) is 12.3 Å². The van der Waals surface area contributed by atoms with E-state index in [1.807, 2.05) is 36.4 Å². The largest absolute Gasteiger partial charge is 0.493 e. The Balaban J connectivity index is 1.89. The van der Waals surface area contributed by atoms with Gasteiger partial charge in [-0.15, -0.1) is 0 Å². The summed E-state index contributed by atoms with van der Waals surface area (Å²) in [6.45, 7) is 0.779. The van der Waals surface area contributed by atoms with Crippen LogP contribution in [0.25, 0.3) is 0 Å². The summed E-state index contributed by atoms with van der Waals surface area (Å²) in [7, 11) is 0. The summed E-state index contributed by atoms with van der Waals surface area (Å²) in [6.07, 6.45) is 0.975. The highest BCUT2D eigenvalue weighted by Gasteiger charge is 2.10. The number of rotatable bonds is 0. The molecule has 2 aromatic rings. The van der Waals surface area contributed by atoms with Crippen LogP contribution in [0.4, 0.5) is 5.69 Å².